The third-order valence-electron chi connectivity index (χ3n) is 4.55. The van der Waals surface area contributed by atoms with Crippen molar-refractivity contribution in [3.8, 4) is 16.2 Å². The summed E-state index contributed by atoms with van der Waals surface area (Å²) in [5, 5.41) is 0.353. The molecule has 0 atom stereocenters. The highest BCUT2D eigenvalue weighted by molar-refractivity contribution is 7.62. The highest BCUT2D eigenvalue weighted by Crippen LogP contribution is 2.41. The molecule has 30 heavy (non-hydrogen) atoms. The van der Waals surface area contributed by atoms with Crippen molar-refractivity contribution in [2.45, 2.75) is 40.7 Å². The summed E-state index contributed by atoms with van der Waals surface area (Å²) in [5.41, 5.74) is 3.85. The lowest BCUT2D eigenvalue weighted by molar-refractivity contribution is 0.213. The van der Waals surface area contributed by atoms with Crippen molar-refractivity contribution in [2.75, 3.05) is 0 Å². The lowest BCUT2D eigenvalue weighted by Gasteiger charge is -2.10. The predicted molar refractivity (Wildman–Crippen MR) is 116 cm³/mol. The third-order valence-corrected chi connectivity index (χ3v) is 5.88. The van der Waals surface area contributed by atoms with Crippen LogP contribution in [-0.2, 0) is 23.5 Å². The zero-order valence-electron chi connectivity index (χ0n) is 17.2. The first-order chi connectivity index (χ1) is 14.2. The summed E-state index contributed by atoms with van der Waals surface area (Å²) in [5.74, 6) is 1.38. The Bertz CT molecular complexity index is 1200. The van der Waals surface area contributed by atoms with Crippen LogP contribution in [0.3, 0.4) is 0 Å². The molecule has 7 nitrogen and oxygen atoms in total. The van der Waals surface area contributed by atoms with Gasteiger partial charge in [-0.05, 0) is 48.9 Å². The van der Waals surface area contributed by atoms with Gasteiger partial charge < -0.3 is 9.30 Å². The van der Waals surface area contributed by atoms with Gasteiger partial charge in [-0.3, -0.25) is 0 Å². The van der Waals surface area contributed by atoms with Gasteiger partial charge in [-0.2, -0.15) is 8.42 Å². The molecule has 3 aromatic rings. The van der Waals surface area contributed by atoms with Crippen LogP contribution >= 0.6 is 11.3 Å². The molecule has 1 aromatic carbocycles. The molecule has 0 spiro atoms. The Morgan fingerprint density at radius 3 is 2.60 bits per heavy atom. The fourth-order valence-corrected chi connectivity index (χ4v) is 4.62. The van der Waals surface area contributed by atoms with E-state index >= 15 is 0 Å². The minimum absolute atomic E-state index is 0.353. The number of nitrogens with zero attached hydrogens (tertiary/aromatic N) is 3. The van der Waals surface area contributed by atoms with E-state index in [1.807, 2.05) is 38.2 Å². The van der Waals surface area contributed by atoms with Crippen molar-refractivity contribution in [3.05, 3.63) is 58.5 Å². The number of hydrogen-bond acceptors (Lipinski definition) is 6. The second-order valence-corrected chi connectivity index (χ2v) is 9.16. The third kappa shape index (κ3) is 5.43. The summed E-state index contributed by atoms with van der Waals surface area (Å²) < 4.78 is 31.6. The van der Waals surface area contributed by atoms with Crippen molar-refractivity contribution in [3.63, 3.8) is 0 Å². The number of carbonyl (C=O) groups excluding carboxylic acids is 1. The zero-order chi connectivity index (χ0) is 21.8. The Morgan fingerprint density at radius 1 is 1.23 bits per heavy atom. The van der Waals surface area contributed by atoms with Gasteiger partial charge in [0, 0.05) is 29.4 Å². The molecule has 0 aliphatic rings. The largest absolute Gasteiger partial charge is 0.455 e. The van der Waals surface area contributed by atoms with E-state index in [1.165, 1.54) is 11.3 Å². The van der Waals surface area contributed by atoms with Crippen molar-refractivity contribution in [2.24, 2.45) is 10.3 Å². The molecule has 9 heteroatoms. The number of hydrogen-bond donors (Lipinski definition) is 0. The molecule has 0 N–H and O–H groups in total. The minimum atomic E-state index is -2.85. The maximum Gasteiger partial charge on any atom is 0.455 e. The van der Waals surface area contributed by atoms with E-state index in [0.29, 0.717) is 17.5 Å². The molecule has 0 aliphatic heterocycles. The number of ether oxygens (including phenoxy) is 1. The van der Waals surface area contributed by atoms with Crippen LogP contribution in [0.25, 0.3) is 11.1 Å². The number of benzene rings is 1. The van der Waals surface area contributed by atoms with Crippen LogP contribution in [0.5, 0.6) is 5.06 Å². The number of imidazole rings is 1. The molecule has 0 saturated heterocycles. The number of amides is 1. The van der Waals surface area contributed by atoms with Crippen LogP contribution in [0.1, 0.15) is 35.7 Å². The second-order valence-electron chi connectivity index (χ2n) is 7.44. The number of aromatic nitrogens is 2. The van der Waals surface area contributed by atoms with Crippen molar-refractivity contribution >= 4 is 27.9 Å². The molecule has 0 fully saturated rings. The first kappa shape index (κ1) is 21.9. The van der Waals surface area contributed by atoms with Crippen LogP contribution < -0.4 is 4.74 Å². The molecule has 0 bridgehead atoms. The maximum absolute atomic E-state index is 11.8. The van der Waals surface area contributed by atoms with E-state index in [-0.39, 0.29) is 0 Å². The molecule has 158 valence electrons. The monoisotopic (exact) mass is 445 g/mol. The van der Waals surface area contributed by atoms with Crippen LogP contribution in [0.2, 0.25) is 0 Å². The van der Waals surface area contributed by atoms with Gasteiger partial charge in [0.2, 0.25) is 0 Å². The first-order valence-electron chi connectivity index (χ1n) is 9.46. The summed E-state index contributed by atoms with van der Waals surface area (Å²) in [6.07, 6.45) is 3.40. The Labute approximate surface area is 181 Å². The second kappa shape index (κ2) is 9.36. The molecular formula is C21H23N3O4S2. The molecular weight excluding hydrogens is 422 g/mol. The van der Waals surface area contributed by atoms with E-state index in [1.54, 1.807) is 6.20 Å². The number of aryl methyl sites for hydroxylation is 2. The molecule has 0 unspecified atom stereocenters. The van der Waals surface area contributed by atoms with Gasteiger partial charge in [-0.1, -0.05) is 36.4 Å². The molecule has 1 amide bonds. The quantitative estimate of drug-likeness (QED) is 0.530. The summed E-state index contributed by atoms with van der Waals surface area (Å²) in [6.45, 7) is 8.90. The first-order valence-corrected chi connectivity index (χ1v) is 11.3. The molecule has 2 heterocycles. The van der Waals surface area contributed by atoms with Gasteiger partial charge >= 0.3 is 16.6 Å². The summed E-state index contributed by atoms with van der Waals surface area (Å²) in [4.78, 5) is 17.1. The lowest BCUT2D eigenvalue weighted by atomic mass is 9.99. The molecule has 0 aliphatic carbocycles. The van der Waals surface area contributed by atoms with Gasteiger partial charge in [-0.15, -0.1) is 11.3 Å². The highest BCUT2D eigenvalue weighted by atomic mass is 32.2. The van der Waals surface area contributed by atoms with E-state index in [4.69, 9.17) is 4.74 Å². The van der Waals surface area contributed by atoms with Crippen LogP contribution in [0, 0.1) is 19.8 Å². The van der Waals surface area contributed by atoms with Crippen molar-refractivity contribution in [1.82, 2.24) is 9.55 Å². The molecule has 3 rings (SSSR count). The Kier molecular flexibility index (Phi) is 6.84. The summed E-state index contributed by atoms with van der Waals surface area (Å²) in [6, 6.07) is 8.13. The van der Waals surface area contributed by atoms with Crippen LogP contribution in [0.15, 0.2) is 41.0 Å². The van der Waals surface area contributed by atoms with E-state index in [9.17, 15) is 13.2 Å². The average Bonchev–Trinajstić information content (AvgIpc) is 3.20. The predicted octanol–water partition coefficient (Wildman–Crippen LogP) is 5.04. The van der Waals surface area contributed by atoms with Crippen molar-refractivity contribution in [1.29, 1.82) is 0 Å². The van der Waals surface area contributed by atoms with Crippen molar-refractivity contribution < 1.29 is 17.9 Å². The van der Waals surface area contributed by atoms with E-state index in [2.05, 4.69) is 33.8 Å². The Hall–Kier alpha value is -2.78. The van der Waals surface area contributed by atoms with Crippen LogP contribution in [-0.4, -0.2) is 24.1 Å². The SMILES string of the molecule is Cc1cc(Cn2ccnc2C)ccc1-c1cc(CC(C)C)sc1OC(=O)N=S(=O)=O. The number of rotatable bonds is 6. The molecule has 0 saturated carbocycles. The van der Waals surface area contributed by atoms with Crippen LogP contribution in [0.4, 0.5) is 4.79 Å². The Balaban J connectivity index is 1.96. The lowest BCUT2D eigenvalue weighted by Crippen LogP contribution is -2.02. The Morgan fingerprint density at radius 2 is 2.00 bits per heavy atom. The minimum Gasteiger partial charge on any atom is -0.396 e. The fourth-order valence-electron chi connectivity index (χ4n) is 3.24. The van der Waals surface area contributed by atoms with Gasteiger partial charge in [0.15, 0.2) is 5.06 Å². The fraction of sp³-hybridized carbons (Fsp3) is 0.333. The van der Waals surface area contributed by atoms with Gasteiger partial charge in [-0.25, -0.2) is 9.78 Å². The normalized spacial score (nSPS) is 11.0. The van der Waals surface area contributed by atoms with Gasteiger partial charge in [0.05, 0.1) is 0 Å². The molecule has 0 radical (unpaired) electrons. The van der Waals surface area contributed by atoms with Gasteiger partial charge in [0.1, 0.15) is 5.82 Å². The average molecular weight is 446 g/mol. The number of carbonyl (C=O) groups is 1. The smallest absolute Gasteiger partial charge is 0.396 e. The van der Waals surface area contributed by atoms with E-state index in [0.717, 1.165) is 39.4 Å². The maximum atomic E-state index is 11.8. The van der Waals surface area contributed by atoms with E-state index < -0.39 is 16.6 Å². The topological polar surface area (TPSA) is 90.6 Å². The zero-order valence-corrected chi connectivity index (χ0v) is 18.9. The molecule has 2 aromatic heterocycles. The summed E-state index contributed by atoms with van der Waals surface area (Å²) in [7, 11) is -2.85. The standard InChI is InChI=1S/C21H23N3O4S2/c1-13(2)9-17-11-19(20(29-17)28-21(25)23-30(26)27)18-6-5-16(10-14(18)3)12-24-8-7-22-15(24)4/h5-8,10-11,13H,9,12H2,1-4H3. The highest BCUT2D eigenvalue weighted by Gasteiger charge is 2.18. The summed E-state index contributed by atoms with van der Waals surface area (Å²) >= 11 is 1.34. The number of thiophene rings is 1. The van der Waals surface area contributed by atoms with Gasteiger partial charge in [0.25, 0.3) is 0 Å².